The lowest BCUT2D eigenvalue weighted by Crippen LogP contribution is -1.97. The number of hydrogen-bond acceptors (Lipinski definition) is 3. The van der Waals surface area contributed by atoms with Crippen molar-refractivity contribution in [1.29, 1.82) is 0 Å². The second-order valence-electron chi connectivity index (χ2n) is 4.62. The van der Waals surface area contributed by atoms with E-state index < -0.39 is 0 Å². The molecule has 0 saturated heterocycles. The summed E-state index contributed by atoms with van der Waals surface area (Å²) in [4.78, 5) is 4.18. The lowest BCUT2D eigenvalue weighted by Gasteiger charge is -2.12. The van der Waals surface area contributed by atoms with E-state index in [0.29, 0.717) is 0 Å². The predicted molar refractivity (Wildman–Crippen MR) is 80.6 cm³/mol. The van der Waals surface area contributed by atoms with E-state index in [1.165, 1.54) is 0 Å². The molecule has 0 aliphatic rings. The molecule has 3 heteroatoms. The van der Waals surface area contributed by atoms with Gasteiger partial charge in [0.2, 0.25) is 0 Å². The number of aromatic nitrogens is 1. The van der Waals surface area contributed by atoms with Crippen LogP contribution in [0.15, 0.2) is 54.9 Å². The quantitative estimate of drug-likeness (QED) is 0.678. The average molecular weight is 249 g/mol. The van der Waals surface area contributed by atoms with Crippen molar-refractivity contribution in [1.82, 2.24) is 4.98 Å². The van der Waals surface area contributed by atoms with Gasteiger partial charge in [0.25, 0.3) is 0 Å². The number of hydrogen-bond donors (Lipinski definition) is 2. The molecule has 0 bridgehead atoms. The van der Waals surface area contributed by atoms with Gasteiger partial charge >= 0.3 is 0 Å². The normalized spacial score (nSPS) is 10.6. The van der Waals surface area contributed by atoms with Crippen LogP contribution < -0.4 is 11.1 Å². The molecule has 0 spiro atoms. The summed E-state index contributed by atoms with van der Waals surface area (Å²) in [6.07, 6.45) is 3.66. The lowest BCUT2D eigenvalue weighted by atomic mass is 10.1. The monoisotopic (exact) mass is 249 g/mol. The summed E-state index contributed by atoms with van der Waals surface area (Å²) in [5.74, 6) is 0. The zero-order valence-corrected chi connectivity index (χ0v) is 10.7. The van der Waals surface area contributed by atoms with Crippen molar-refractivity contribution in [2.24, 2.45) is 0 Å². The van der Waals surface area contributed by atoms with Gasteiger partial charge in [-0.15, -0.1) is 0 Å². The van der Waals surface area contributed by atoms with Crippen molar-refractivity contribution in [3.63, 3.8) is 0 Å². The first-order chi connectivity index (χ1) is 9.24. The van der Waals surface area contributed by atoms with E-state index >= 15 is 0 Å². The zero-order valence-electron chi connectivity index (χ0n) is 10.7. The van der Waals surface area contributed by atoms with Gasteiger partial charge in [0.05, 0.1) is 11.4 Å². The van der Waals surface area contributed by atoms with Gasteiger partial charge in [-0.1, -0.05) is 18.2 Å². The summed E-state index contributed by atoms with van der Waals surface area (Å²) in [5, 5.41) is 5.62. The van der Waals surface area contributed by atoms with Crippen LogP contribution >= 0.6 is 0 Å². The molecule has 3 aromatic rings. The number of rotatable bonds is 2. The van der Waals surface area contributed by atoms with Gasteiger partial charge in [-0.25, -0.2) is 0 Å². The SMILES string of the molecule is Cc1ccc(Nc2cccc3ccncc23)c(N)c1. The molecule has 0 amide bonds. The van der Waals surface area contributed by atoms with Gasteiger partial charge in [-0.05, 0) is 42.1 Å². The Morgan fingerprint density at radius 1 is 1.05 bits per heavy atom. The number of pyridine rings is 1. The van der Waals surface area contributed by atoms with E-state index in [0.717, 1.165) is 33.4 Å². The highest BCUT2D eigenvalue weighted by atomic mass is 14.9. The summed E-state index contributed by atoms with van der Waals surface area (Å²) in [7, 11) is 0. The van der Waals surface area contributed by atoms with Crippen LogP contribution in [0.2, 0.25) is 0 Å². The van der Waals surface area contributed by atoms with Crippen LogP contribution in [-0.4, -0.2) is 4.98 Å². The van der Waals surface area contributed by atoms with Crippen molar-refractivity contribution in [3.05, 3.63) is 60.4 Å². The Morgan fingerprint density at radius 2 is 1.95 bits per heavy atom. The molecule has 0 aliphatic carbocycles. The number of aryl methyl sites for hydroxylation is 1. The smallest absolute Gasteiger partial charge is 0.0618 e. The highest BCUT2D eigenvalue weighted by molar-refractivity contribution is 5.95. The van der Waals surface area contributed by atoms with Gasteiger partial charge in [-0.2, -0.15) is 0 Å². The molecule has 1 heterocycles. The molecule has 19 heavy (non-hydrogen) atoms. The number of nitrogens with one attached hydrogen (secondary N) is 1. The minimum absolute atomic E-state index is 0.751. The highest BCUT2D eigenvalue weighted by Crippen LogP contribution is 2.28. The van der Waals surface area contributed by atoms with Crippen LogP contribution in [0.25, 0.3) is 10.8 Å². The van der Waals surface area contributed by atoms with Crippen LogP contribution in [0, 0.1) is 6.92 Å². The molecule has 0 atom stereocenters. The maximum atomic E-state index is 6.04. The Kier molecular flexibility index (Phi) is 2.80. The molecule has 0 unspecified atom stereocenters. The van der Waals surface area contributed by atoms with Gasteiger partial charge < -0.3 is 11.1 Å². The Bertz CT molecular complexity index is 730. The van der Waals surface area contributed by atoms with E-state index in [1.807, 2.05) is 49.5 Å². The standard InChI is InChI=1S/C16H15N3/c1-11-5-6-16(14(17)9-11)19-15-4-2-3-12-7-8-18-10-13(12)15/h2-10,19H,17H2,1H3. The third-order valence-corrected chi connectivity index (χ3v) is 3.16. The number of nitrogens with two attached hydrogens (primary N) is 1. The molecule has 3 nitrogen and oxygen atoms in total. The first-order valence-electron chi connectivity index (χ1n) is 6.20. The third kappa shape index (κ3) is 2.22. The summed E-state index contributed by atoms with van der Waals surface area (Å²) in [5.41, 5.74) is 9.87. The fourth-order valence-corrected chi connectivity index (χ4v) is 2.16. The Labute approximate surface area is 112 Å². The summed E-state index contributed by atoms with van der Waals surface area (Å²) in [6, 6.07) is 14.1. The molecular formula is C16H15N3. The average Bonchev–Trinajstić information content (AvgIpc) is 2.42. The molecule has 0 aliphatic heterocycles. The molecule has 94 valence electrons. The van der Waals surface area contributed by atoms with Crippen molar-refractivity contribution in [3.8, 4) is 0 Å². The van der Waals surface area contributed by atoms with Crippen molar-refractivity contribution in [2.75, 3.05) is 11.1 Å². The van der Waals surface area contributed by atoms with E-state index in [1.54, 1.807) is 6.20 Å². The third-order valence-electron chi connectivity index (χ3n) is 3.16. The van der Waals surface area contributed by atoms with E-state index in [9.17, 15) is 0 Å². The number of nitrogen functional groups attached to an aromatic ring is 1. The number of nitrogens with zero attached hydrogens (tertiary/aromatic N) is 1. The first kappa shape index (κ1) is 11.5. The second kappa shape index (κ2) is 4.61. The molecule has 3 rings (SSSR count). The van der Waals surface area contributed by atoms with Crippen LogP contribution in [0.5, 0.6) is 0 Å². The molecule has 1 aromatic heterocycles. The topological polar surface area (TPSA) is 50.9 Å². The summed E-state index contributed by atoms with van der Waals surface area (Å²) in [6.45, 7) is 2.03. The maximum Gasteiger partial charge on any atom is 0.0618 e. The Hall–Kier alpha value is -2.55. The summed E-state index contributed by atoms with van der Waals surface area (Å²) >= 11 is 0. The molecular weight excluding hydrogens is 234 g/mol. The molecule has 0 radical (unpaired) electrons. The Balaban J connectivity index is 2.06. The van der Waals surface area contributed by atoms with Crippen LogP contribution in [0.4, 0.5) is 17.1 Å². The van der Waals surface area contributed by atoms with Crippen LogP contribution in [0.1, 0.15) is 5.56 Å². The van der Waals surface area contributed by atoms with Gasteiger partial charge in [0.15, 0.2) is 0 Å². The predicted octanol–water partition coefficient (Wildman–Crippen LogP) is 3.87. The van der Waals surface area contributed by atoms with Gasteiger partial charge in [0, 0.05) is 23.5 Å². The maximum absolute atomic E-state index is 6.04. The van der Waals surface area contributed by atoms with Gasteiger partial charge in [0.1, 0.15) is 0 Å². The van der Waals surface area contributed by atoms with E-state index in [2.05, 4.69) is 16.4 Å². The first-order valence-corrected chi connectivity index (χ1v) is 6.20. The highest BCUT2D eigenvalue weighted by Gasteiger charge is 2.03. The fraction of sp³-hybridized carbons (Fsp3) is 0.0625. The van der Waals surface area contributed by atoms with Crippen LogP contribution in [0.3, 0.4) is 0 Å². The van der Waals surface area contributed by atoms with Crippen LogP contribution in [-0.2, 0) is 0 Å². The molecule has 3 N–H and O–H groups in total. The largest absolute Gasteiger partial charge is 0.397 e. The zero-order chi connectivity index (χ0) is 13.2. The minimum atomic E-state index is 0.751. The number of fused-ring (bicyclic) bond motifs is 1. The van der Waals surface area contributed by atoms with Crippen molar-refractivity contribution in [2.45, 2.75) is 6.92 Å². The fourth-order valence-electron chi connectivity index (χ4n) is 2.16. The van der Waals surface area contributed by atoms with E-state index in [-0.39, 0.29) is 0 Å². The Morgan fingerprint density at radius 3 is 2.79 bits per heavy atom. The van der Waals surface area contributed by atoms with Crippen molar-refractivity contribution < 1.29 is 0 Å². The molecule has 0 fully saturated rings. The summed E-state index contributed by atoms with van der Waals surface area (Å²) < 4.78 is 0. The lowest BCUT2D eigenvalue weighted by molar-refractivity contribution is 1.36. The van der Waals surface area contributed by atoms with Gasteiger partial charge in [-0.3, -0.25) is 4.98 Å². The van der Waals surface area contributed by atoms with Crippen molar-refractivity contribution >= 4 is 27.8 Å². The molecule has 0 saturated carbocycles. The second-order valence-corrected chi connectivity index (χ2v) is 4.62. The minimum Gasteiger partial charge on any atom is -0.397 e. The molecule has 2 aromatic carbocycles. The number of anilines is 3. The van der Waals surface area contributed by atoms with E-state index in [4.69, 9.17) is 5.73 Å². The number of benzene rings is 2.